The standard InChI is InChI=1S/C15H25N3/c1-3-9-16-15-13(7-5-10-17-15)14-8-6-12-18(14)11-4-2/h5,7,10,14H,3-4,6,8-9,11-12H2,1-2H3,(H,16,17). The van der Waals surface area contributed by atoms with Crippen LogP contribution < -0.4 is 5.32 Å². The third-order valence-corrected chi connectivity index (χ3v) is 3.61. The summed E-state index contributed by atoms with van der Waals surface area (Å²) in [4.78, 5) is 7.12. The van der Waals surface area contributed by atoms with Crippen LogP contribution in [0.5, 0.6) is 0 Å². The van der Waals surface area contributed by atoms with Crippen molar-refractivity contribution in [3.63, 3.8) is 0 Å². The first-order valence-electron chi connectivity index (χ1n) is 7.29. The topological polar surface area (TPSA) is 28.2 Å². The van der Waals surface area contributed by atoms with Crippen molar-refractivity contribution in [3.8, 4) is 0 Å². The second-order valence-corrected chi connectivity index (χ2v) is 5.06. The first-order valence-corrected chi connectivity index (χ1v) is 7.29. The molecule has 0 saturated carbocycles. The second-order valence-electron chi connectivity index (χ2n) is 5.06. The molecule has 2 heterocycles. The first kappa shape index (κ1) is 13.3. The number of anilines is 1. The zero-order valence-electron chi connectivity index (χ0n) is 11.7. The van der Waals surface area contributed by atoms with Crippen molar-refractivity contribution in [1.29, 1.82) is 0 Å². The van der Waals surface area contributed by atoms with Crippen LogP contribution in [0.15, 0.2) is 18.3 Å². The van der Waals surface area contributed by atoms with E-state index in [1.165, 1.54) is 37.9 Å². The number of hydrogen-bond donors (Lipinski definition) is 1. The van der Waals surface area contributed by atoms with E-state index in [9.17, 15) is 0 Å². The van der Waals surface area contributed by atoms with Gasteiger partial charge in [-0.25, -0.2) is 4.98 Å². The van der Waals surface area contributed by atoms with Crippen LogP contribution in [0.3, 0.4) is 0 Å². The molecule has 100 valence electrons. The molecule has 2 rings (SSSR count). The largest absolute Gasteiger partial charge is 0.370 e. The lowest BCUT2D eigenvalue weighted by Crippen LogP contribution is -2.25. The van der Waals surface area contributed by atoms with Crippen molar-refractivity contribution in [2.75, 3.05) is 25.0 Å². The number of aromatic nitrogens is 1. The number of hydrogen-bond acceptors (Lipinski definition) is 3. The molecule has 0 amide bonds. The van der Waals surface area contributed by atoms with Crippen molar-refractivity contribution in [3.05, 3.63) is 23.9 Å². The van der Waals surface area contributed by atoms with Gasteiger partial charge in [0.2, 0.25) is 0 Å². The molecule has 3 nitrogen and oxygen atoms in total. The molecule has 0 aromatic carbocycles. The number of pyridine rings is 1. The molecular weight excluding hydrogens is 222 g/mol. The Labute approximate surface area is 111 Å². The quantitative estimate of drug-likeness (QED) is 0.834. The van der Waals surface area contributed by atoms with Crippen molar-refractivity contribution >= 4 is 5.82 Å². The van der Waals surface area contributed by atoms with Crippen molar-refractivity contribution in [2.24, 2.45) is 0 Å². The summed E-state index contributed by atoms with van der Waals surface area (Å²) in [6.45, 7) is 7.89. The Hall–Kier alpha value is -1.09. The maximum Gasteiger partial charge on any atom is 0.130 e. The molecule has 1 aliphatic rings. The maximum absolute atomic E-state index is 4.52. The molecule has 0 spiro atoms. The van der Waals surface area contributed by atoms with E-state index in [0.29, 0.717) is 6.04 Å². The molecule has 18 heavy (non-hydrogen) atoms. The number of likely N-dealkylation sites (tertiary alicyclic amines) is 1. The second kappa shape index (κ2) is 6.74. The zero-order valence-corrected chi connectivity index (χ0v) is 11.7. The van der Waals surface area contributed by atoms with Crippen LogP contribution >= 0.6 is 0 Å². The highest BCUT2D eigenvalue weighted by Gasteiger charge is 2.27. The van der Waals surface area contributed by atoms with E-state index in [4.69, 9.17) is 0 Å². The monoisotopic (exact) mass is 247 g/mol. The van der Waals surface area contributed by atoms with Crippen molar-refractivity contribution < 1.29 is 0 Å². The van der Waals surface area contributed by atoms with E-state index in [1.54, 1.807) is 0 Å². The Morgan fingerprint density at radius 1 is 1.39 bits per heavy atom. The SMILES string of the molecule is CCCNc1ncccc1C1CCCN1CCC. The fraction of sp³-hybridized carbons (Fsp3) is 0.667. The van der Waals surface area contributed by atoms with Gasteiger partial charge in [0, 0.05) is 24.3 Å². The lowest BCUT2D eigenvalue weighted by atomic mass is 10.1. The van der Waals surface area contributed by atoms with Crippen LogP contribution in [0.2, 0.25) is 0 Å². The highest BCUT2D eigenvalue weighted by molar-refractivity contribution is 5.46. The van der Waals surface area contributed by atoms with Gasteiger partial charge in [0.15, 0.2) is 0 Å². The molecule has 0 radical (unpaired) electrons. The molecule has 1 fully saturated rings. The predicted octanol–water partition coefficient (Wildman–Crippen LogP) is 3.45. The Bertz CT molecular complexity index is 365. The van der Waals surface area contributed by atoms with Crippen LogP contribution in [-0.4, -0.2) is 29.5 Å². The normalized spacial score (nSPS) is 20.2. The van der Waals surface area contributed by atoms with Crippen LogP contribution in [0.4, 0.5) is 5.82 Å². The van der Waals surface area contributed by atoms with Crippen molar-refractivity contribution in [1.82, 2.24) is 9.88 Å². The molecule has 1 aromatic heterocycles. The fourth-order valence-corrected chi connectivity index (χ4v) is 2.81. The summed E-state index contributed by atoms with van der Waals surface area (Å²) >= 11 is 0. The smallest absolute Gasteiger partial charge is 0.130 e. The van der Waals surface area contributed by atoms with Gasteiger partial charge < -0.3 is 5.32 Å². The van der Waals surface area contributed by atoms with E-state index in [1.807, 2.05) is 6.20 Å². The summed E-state index contributed by atoms with van der Waals surface area (Å²) in [5.41, 5.74) is 1.39. The third kappa shape index (κ3) is 3.02. The summed E-state index contributed by atoms with van der Waals surface area (Å²) in [5.74, 6) is 1.09. The van der Waals surface area contributed by atoms with Gasteiger partial charge in [-0.3, -0.25) is 4.90 Å². The minimum Gasteiger partial charge on any atom is -0.370 e. The summed E-state index contributed by atoms with van der Waals surface area (Å²) in [6.07, 6.45) is 6.84. The summed E-state index contributed by atoms with van der Waals surface area (Å²) in [7, 11) is 0. The number of nitrogens with one attached hydrogen (secondary N) is 1. The molecule has 0 bridgehead atoms. The van der Waals surface area contributed by atoms with E-state index < -0.39 is 0 Å². The fourth-order valence-electron chi connectivity index (χ4n) is 2.81. The molecule has 0 aliphatic carbocycles. The molecule has 1 N–H and O–H groups in total. The van der Waals surface area contributed by atoms with Crippen LogP contribution in [0, 0.1) is 0 Å². The van der Waals surface area contributed by atoms with E-state index >= 15 is 0 Å². The average Bonchev–Trinajstić information content (AvgIpc) is 2.85. The van der Waals surface area contributed by atoms with Gasteiger partial charge in [-0.2, -0.15) is 0 Å². The Morgan fingerprint density at radius 3 is 3.06 bits per heavy atom. The summed E-state index contributed by atoms with van der Waals surface area (Å²) in [5, 5.41) is 3.46. The lowest BCUT2D eigenvalue weighted by Gasteiger charge is -2.25. The van der Waals surface area contributed by atoms with Crippen molar-refractivity contribution in [2.45, 2.75) is 45.6 Å². The van der Waals surface area contributed by atoms with Gasteiger partial charge in [0.25, 0.3) is 0 Å². The van der Waals surface area contributed by atoms with Gasteiger partial charge in [0.05, 0.1) is 0 Å². The Kier molecular flexibility index (Phi) is 5.00. The lowest BCUT2D eigenvalue weighted by molar-refractivity contribution is 0.258. The average molecular weight is 247 g/mol. The summed E-state index contributed by atoms with van der Waals surface area (Å²) < 4.78 is 0. The third-order valence-electron chi connectivity index (χ3n) is 3.61. The number of rotatable bonds is 6. The van der Waals surface area contributed by atoms with Gasteiger partial charge in [-0.05, 0) is 44.8 Å². The minimum absolute atomic E-state index is 0.568. The molecule has 1 unspecified atom stereocenters. The predicted molar refractivity (Wildman–Crippen MR) is 76.9 cm³/mol. The molecule has 1 atom stereocenters. The molecule has 1 aliphatic heterocycles. The molecule has 1 saturated heterocycles. The minimum atomic E-state index is 0.568. The Morgan fingerprint density at radius 2 is 2.28 bits per heavy atom. The number of nitrogens with zero attached hydrogens (tertiary/aromatic N) is 2. The Balaban J connectivity index is 2.15. The van der Waals surface area contributed by atoms with Gasteiger partial charge in [0.1, 0.15) is 5.82 Å². The highest BCUT2D eigenvalue weighted by Crippen LogP contribution is 2.34. The highest BCUT2D eigenvalue weighted by atomic mass is 15.2. The maximum atomic E-state index is 4.52. The van der Waals surface area contributed by atoms with Crippen LogP contribution in [0.1, 0.15) is 51.1 Å². The molecule has 3 heteroatoms. The molecular formula is C15H25N3. The van der Waals surface area contributed by atoms with Gasteiger partial charge in [-0.15, -0.1) is 0 Å². The van der Waals surface area contributed by atoms with Crippen LogP contribution in [0.25, 0.3) is 0 Å². The van der Waals surface area contributed by atoms with Crippen LogP contribution in [-0.2, 0) is 0 Å². The zero-order chi connectivity index (χ0) is 12.8. The first-order chi connectivity index (χ1) is 8.86. The van der Waals surface area contributed by atoms with E-state index in [-0.39, 0.29) is 0 Å². The van der Waals surface area contributed by atoms with E-state index in [2.05, 4.69) is 41.2 Å². The summed E-state index contributed by atoms with van der Waals surface area (Å²) in [6, 6.07) is 4.87. The van der Waals surface area contributed by atoms with Gasteiger partial charge in [-0.1, -0.05) is 19.9 Å². The van der Waals surface area contributed by atoms with E-state index in [0.717, 1.165) is 18.8 Å². The van der Waals surface area contributed by atoms with Gasteiger partial charge >= 0.3 is 0 Å². The molecule has 1 aromatic rings.